The molecule has 4 nitrogen and oxygen atoms in total. The molecule has 5 heteroatoms. The Morgan fingerprint density at radius 1 is 0.826 bits per heavy atom. The second kappa shape index (κ2) is 11.5. The molecule has 0 radical (unpaired) electrons. The Labute approximate surface area is 141 Å². The van der Waals surface area contributed by atoms with Gasteiger partial charge in [-0.3, -0.25) is 0 Å². The summed E-state index contributed by atoms with van der Waals surface area (Å²) < 4.78 is 22.3. The van der Waals surface area contributed by atoms with Gasteiger partial charge in [-0.05, 0) is 30.7 Å². The van der Waals surface area contributed by atoms with Crippen LogP contribution in [0.2, 0.25) is 0 Å². The molecular formula is C18H32N2O2S. The zero-order chi connectivity index (χ0) is 17.0. The zero-order valence-electron chi connectivity index (χ0n) is 14.4. The zero-order valence-corrected chi connectivity index (χ0v) is 15.2. The van der Waals surface area contributed by atoms with Crippen LogP contribution in [0.1, 0.15) is 71.1 Å². The Morgan fingerprint density at radius 3 is 1.78 bits per heavy atom. The molecule has 132 valence electrons. The Morgan fingerprint density at radius 2 is 1.30 bits per heavy atom. The number of nitrogens with two attached hydrogens (primary N) is 1. The second-order valence-electron chi connectivity index (χ2n) is 6.18. The van der Waals surface area contributed by atoms with Crippen LogP contribution in [0.5, 0.6) is 0 Å². The summed E-state index contributed by atoms with van der Waals surface area (Å²) in [5.74, 6) is 0. The molecule has 0 atom stereocenters. The fourth-order valence-electron chi connectivity index (χ4n) is 2.61. The van der Waals surface area contributed by atoms with Gasteiger partial charge in [-0.15, -0.1) is 0 Å². The van der Waals surface area contributed by atoms with Crippen LogP contribution in [0.15, 0.2) is 29.2 Å². The van der Waals surface area contributed by atoms with E-state index in [1.54, 1.807) is 12.1 Å². The lowest BCUT2D eigenvalue weighted by Gasteiger charge is -2.07. The number of primary sulfonamides is 1. The van der Waals surface area contributed by atoms with Crippen molar-refractivity contribution in [1.29, 1.82) is 0 Å². The van der Waals surface area contributed by atoms with Gasteiger partial charge in [0.05, 0.1) is 4.90 Å². The maximum absolute atomic E-state index is 11.2. The van der Waals surface area contributed by atoms with Crippen LogP contribution in [-0.2, 0) is 10.0 Å². The molecule has 23 heavy (non-hydrogen) atoms. The van der Waals surface area contributed by atoms with Crippen LogP contribution in [-0.4, -0.2) is 15.0 Å². The summed E-state index contributed by atoms with van der Waals surface area (Å²) in [6.07, 6.45) is 13.3. The van der Waals surface area contributed by atoms with Gasteiger partial charge in [-0.1, -0.05) is 64.7 Å². The van der Waals surface area contributed by atoms with Gasteiger partial charge in [0, 0.05) is 12.2 Å². The van der Waals surface area contributed by atoms with Crippen molar-refractivity contribution in [3.63, 3.8) is 0 Å². The van der Waals surface area contributed by atoms with E-state index in [9.17, 15) is 8.42 Å². The van der Waals surface area contributed by atoms with E-state index in [2.05, 4.69) is 12.2 Å². The molecule has 0 amide bonds. The third kappa shape index (κ3) is 9.61. The van der Waals surface area contributed by atoms with E-state index in [1.165, 1.54) is 69.9 Å². The summed E-state index contributed by atoms with van der Waals surface area (Å²) in [4.78, 5) is 0.155. The van der Waals surface area contributed by atoms with Crippen molar-refractivity contribution in [1.82, 2.24) is 0 Å². The minimum absolute atomic E-state index is 0.155. The summed E-state index contributed by atoms with van der Waals surface area (Å²) in [5.41, 5.74) is 0.938. The molecule has 0 saturated heterocycles. The number of hydrogen-bond donors (Lipinski definition) is 2. The number of rotatable bonds is 13. The lowest BCUT2D eigenvalue weighted by molar-refractivity contribution is 0.560. The second-order valence-corrected chi connectivity index (χ2v) is 7.74. The summed E-state index contributed by atoms with van der Waals surface area (Å²) in [6.45, 7) is 3.17. The van der Waals surface area contributed by atoms with Gasteiger partial charge < -0.3 is 5.32 Å². The first-order valence-corrected chi connectivity index (χ1v) is 10.5. The normalized spacial score (nSPS) is 11.6. The van der Waals surface area contributed by atoms with Crippen molar-refractivity contribution in [2.24, 2.45) is 5.14 Å². The van der Waals surface area contributed by atoms with E-state index in [4.69, 9.17) is 5.14 Å². The van der Waals surface area contributed by atoms with Crippen LogP contribution >= 0.6 is 0 Å². The molecule has 0 unspecified atom stereocenters. The maximum Gasteiger partial charge on any atom is 0.238 e. The molecule has 1 rings (SSSR count). The number of sulfonamides is 1. The highest BCUT2D eigenvalue weighted by atomic mass is 32.2. The van der Waals surface area contributed by atoms with Gasteiger partial charge in [-0.2, -0.15) is 0 Å². The first kappa shape index (κ1) is 20.0. The summed E-state index contributed by atoms with van der Waals surface area (Å²) in [7, 11) is -3.59. The smallest absolute Gasteiger partial charge is 0.238 e. The number of hydrogen-bond acceptors (Lipinski definition) is 3. The topological polar surface area (TPSA) is 72.2 Å². The molecule has 0 saturated carbocycles. The lowest BCUT2D eigenvalue weighted by Crippen LogP contribution is -2.12. The summed E-state index contributed by atoms with van der Waals surface area (Å²) in [5, 5.41) is 8.39. The molecule has 3 N–H and O–H groups in total. The highest BCUT2D eigenvalue weighted by Gasteiger charge is 2.06. The predicted octanol–water partition coefficient (Wildman–Crippen LogP) is 4.67. The Kier molecular flexibility index (Phi) is 9.96. The first-order valence-electron chi connectivity index (χ1n) is 8.91. The first-order chi connectivity index (χ1) is 11.0. The number of benzene rings is 1. The predicted molar refractivity (Wildman–Crippen MR) is 98.1 cm³/mol. The van der Waals surface area contributed by atoms with Crippen LogP contribution < -0.4 is 10.5 Å². The lowest BCUT2D eigenvalue weighted by atomic mass is 10.1. The highest BCUT2D eigenvalue weighted by molar-refractivity contribution is 7.89. The fraction of sp³-hybridized carbons (Fsp3) is 0.667. The number of nitrogens with one attached hydrogen (secondary N) is 1. The van der Waals surface area contributed by atoms with Gasteiger partial charge in [-0.25, -0.2) is 13.6 Å². The largest absolute Gasteiger partial charge is 0.385 e. The number of anilines is 1. The van der Waals surface area contributed by atoms with Crippen LogP contribution in [0.25, 0.3) is 0 Å². The van der Waals surface area contributed by atoms with Crippen LogP contribution in [0.3, 0.4) is 0 Å². The molecule has 0 heterocycles. The monoisotopic (exact) mass is 340 g/mol. The third-order valence-electron chi connectivity index (χ3n) is 4.04. The van der Waals surface area contributed by atoms with Crippen molar-refractivity contribution in [3.05, 3.63) is 24.3 Å². The Balaban J connectivity index is 2.01. The summed E-state index contributed by atoms with van der Waals surface area (Å²) >= 11 is 0. The van der Waals surface area contributed by atoms with Gasteiger partial charge in [0.1, 0.15) is 0 Å². The molecule has 0 aliphatic heterocycles. The molecule has 0 aliphatic rings. The van der Waals surface area contributed by atoms with Crippen molar-refractivity contribution in [2.45, 2.75) is 76.0 Å². The molecule has 1 aromatic rings. The molecular weight excluding hydrogens is 308 g/mol. The van der Waals surface area contributed by atoms with E-state index in [0.717, 1.165) is 18.7 Å². The number of unbranched alkanes of at least 4 members (excludes halogenated alkanes) is 9. The maximum atomic E-state index is 11.2. The van der Waals surface area contributed by atoms with Gasteiger partial charge in [0.25, 0.3) is 0 Å². The molecule has 0 aliphatic carbocycles. The van der Waals surface area contributed by atoms with Gasteiger partial charge in [0.15, 0.2) is 0 Å². The molecule has 0 bridgehead atoms. The average Bonchev–Trinajstić information content (AvgIpc) is 2.52. The Hall–Kier alpha value is -1.07. The molecule has 0 spiro atoms. The minimum Gasteiger partial charge on any atom is -0.385 e. The molecule has 0 fully saturated rings. The summed E-state index contributed by atoms with van der Waals surface area (Å²) in [6, 6.07) is 6.60. The standard InChI is InChI=1S/C18H32N2O2S/c1-2-3-4-5-6-7-8-9-10-11-16-20-17-12-14-18(15-13-17)23(19,21)22/h12-15,20H,2-11,16H2,1H3,(H2,19,21,22). The van der Waals surface area contributed by atoms with E-state index in [1.807, 2.05) is 0 Å². The van der Waals surface area contributed by atoms with Crippen molar-refractivity contribution in [2.75, 3.05) is 11.9 Å². The third-order valence-corrected chi connectivity index (χ3v) is 4.97. The van der Waals surface area contributed by atoms with E-state index < -0.39 is 10.0 Å². The van der Waals surface area contributed by atoms with Crippen molar-refractivity contribution in [3.8, 4) is 0 Å². The van der Waals surface area contributed by atoms with Crippen molar-refractivity contribution < 1.29 is 8.42 Å². The van der Waals surface area contributed by atoms with Crippen LogP contribution in [0, 0.1) is 0 Å². The van der Waals surface area contributed by atoms with E-state index in [0.29, 0.717) is 0 Å². The average molecular weight is 341 g/mol. The highest BCUT2D eigenvalue weighted by Crippen LogP contribution is 2.14. The van der Waals surface area contributed by atoms with E-state index >= 15 is 0 Å². The SMILES string of the molecule is CCCCCCCCCCCCNc1ccc(S(N)(=O)=O)cc1. The van der Waals surface area contributed by atoms with Crippen molar-refractivity contribution >= 4 is 15.7 Å². The Bertz CT molecular complexity index is 512. The minimum atomic E-state index is -3.59. The van der Waals surface area contributed by atoms with Gasteiger partial charge in [0.2, 0.25) is 10.0 Å². The van der Waals surface area contributed by atoms with Crippen LogP contribution in [0.4, 0.5) is 5.69 Å². The van der Waals surface area contributed by atoms with E-state index in [-0.39, 0.29) is 4.90 Å². The molecule has 0 aromatic heterocycles. The van der Waals surface area contributed by atoms with Gasteiger partial charge >= 0.3 is 0 Å². The fourth-order valence-corrected chi connectivity index (χ4v) is 3.12. The molecule has 1 aromatic carbocycles. The quantitative estimate of drug-likeness (QED) is 0.513.